The second-order valence-corrected chi connectivity index (χ2v) is 8.00. The Labute approximate surface area is 124 Å². The van der Waals surface area contributed by atoms with Gasteiger partial charge in [-0.3, -0.25) is 0 Å². The van der Waals surface area contributed by atoms with Crippen molar-refractivity contribution in [1.82, 2.24) is 0 Å². The van der Waals surface area contributed by atoms with Gasteiger partial charge in [0.2, 0.25) is 11.6 Å². The summed E-state index contributed by atoms with van der Waals surface area (Å²) in [5.74, 6) is 1.09. The zero-order valence-corrected chi connectivity index (χ0v) is 12.3. The predicted octanol–water partition coefficient (Wildman–Crippen LogP) is 2.68. The molecule has 1 N–H and O–H groups in total. The van der Waals surface area contributed by atoms with E-state index in [0.717, 1.165) is 11.8 Å². The van der Waals surface area contributed by atoms with Gasteiger partial charge in [-0.1, -0.05) is 0 Å². The third kappa shape index (κ3) is 1.88. The van der Waals surface area contributed by atoms with E-state index >= 15 is 0 Å². The van der Waals surface area contributed by atoms with E-state index in [-0.39, 0.29) is 6.10 Å². The van der Waals surface area contributed by atoms with E-state index in [2.05, 4.69) is 0 Å². The van der Waals surface area contributed by atoms with Crippen LogP contribution in [0.4, 0.5) is 0 Å². The average Bonchev–Trinajstić information content (AvgIpc) is 2.49. The number of rotatable bonds is 0. The molecule has 6 fully saturated rings. The lowest BCUT2D eigenvalue weighted by atomic mass is 9.53. The van der Waals surface area contributed by atoms with Gasteiger partial charge in [0.25, 0.3) is 0 Å². The van der Waals surface area contributed by atoms with Gasteiger partial charge >= 0.3 is 0 Å². The number of hydrogen-bond acceptors (Lipinski definition) is 5. The van der Waals surface area contributed by atoms with Crippen molar-refractivity contribution in [2.75, 3.05) is 0 Å². The predicted molar refractivity (Wildman–Crippen MR) is 71.3 cm³/mol. The molecule has 5 aliphatic carbocycles. The first-order valence-corrected chi connectivity index (χ1v) is 8.59. The molecular formula is C16H24O5. The lowest BCUT2D eigenvalue weighted by molar-refractivity contribution is -0.680. The van der Waals surface area contributed by atoms with Crippen molar-refractivity contribution in [3.63, 3.8) is 0 Å². The summed E-state index contributed by atoms with van der Waals surface area (Å²) < 4.78 is 0. The molecule has 1 saturated heterocycles. The number of aliphatic hydroxyl groups excluding tert-OH is 1. The molecule has 4 bridgehead atoms. The van der Waals surface area contributed by atoms with Crippen LogP contribution in [-0.2, 0) is 19.6 Å². The summed E-state index contributed by atoms with van der Waals surface area (Å²) in [6.45, 7) is 0. The summed E-state index contributed by atoms with van der Waals surface area (Å²) in [6.07, 6.45) is 8.50. The molecule has 6 aliphatic rings. The van der Waals surface area contributed by atoms with E-state index < -0.39 is 11.6 Å². The highest BCUT2D eigenvalue weighted by Gasteiger charge is 2.64. The van der Waals surface area contributed by atoms with Crippen LogP contribution in [0, 0.1) is 23.7 Å². The van der Waals surface area contributed by atoms with Crippen molar-refractivity contribution in [3.05, 3.63) is 0 Å². The highest BCUT2D eigenvalue weighted by molar-refractivity contribution is 5.03. The number of aliphatic hydroxyl groups is 1. The second kappa shape index (κ2) is 4.42. The number of hydrogen-bond donors (Lipinski definition) is 1. The Kier molecular flexibility index (Phi) is 2.79. The summed E-state index contributed by atoms with van der Waals surface area (Å²) in [7, 11) is 0. The largest absolute Gasteiger partial charge is 0.393 e. The minimum Gasteiger partial charge on any atom is -0.393 e. The third-order valence-electron chi connectivity index (χ3n) is 6.64. The van der Waals surface area contributed by atoms with Crippen LogP contribution in [0.1, 0.15) is 57.8 Å². The Morgan fingerprint density at radius 3 is 1.76 bits per heavy atom. The van der Waals surface area contributed by atoms with E-state index in [0.29, 0.717) is 37.5 Å². The van der Waals surface area contributed by atoms with E-state index in [1.807, 2.05) is 0 Å². The zero-order valence-electron chi connectivity index (χ0n) is 12.3. The van der Waals surface area contributed by atoms with Crippen LogP contribution in [0.25, 0.3) is 0 Å². The normalized spacial score (nSPS) is 59.0. The zero-order chi connectivity index (χ0) is 14.1. The summed E-state index contributed by atoms with van der Waals surface area (Å²) in [5, 5.41) is 9.64. The van der Waals surface area contributed by atoms with Crippen LogP contribution in [0.3, 0.4) is 0 Å². The highest BCUT2D eigenvalue weighted by Crippen LogP contribution is 2.61. The third-order valence-corrected chi connectivity index (χ3v) is 6.64. The summed E-state index contributed by atoms with van der Waals surface area (Å²) in [4.78, 5) is 23.4. The van der Waals surface area contributed by atoms with Crippen molar-refractivity contribution in [3.8, 4) is 0 Å². The molecule has 5 nitrogen and oxygen atoms in total. The van der Waals surface area contributed by atoms with E-state index in [4.69, 9.17) is 19.6 Å². The molecule has 2 spiro atoms. The van der Waals surface area contributed by atoms with Gasteiger partial charge in [0.15, 0.2) is 0 Å². The maximum absolute atomic E-state index is 9.64. The van der Waals surface area contributed by atoms with Crippen LogP contribution in [0.2, 0.25) is 0 Å². The molecule has 0 aromatic rings. The van der Waals surface area contributed by atoms with Crippen LogP contribution < -0.4 is 0 Å². The molecule has 0 radical (unpaired) electrons. The van der Waals surface area contributed by atoms with E-state index in [1.54, 1.807) is 0 Å². The minimum atomic E-state index is -0.793. The smallest absolute Gasteiger partial charge is 0.239 e. The molecule has 118 valence electrons. The summed E-state index contributed by atoms with van der Waals surface area (Å²) in [5.41, 5.74) is 0. The second-order valence-electron chi connectivity index (χ2n) is 8.00. The topological polar surface area (TPSA) is 57.2 Å². The lowest BCUT2D eigenvalue weighted by Gasteiger charge is -2.60. The molecule has 0 unspecified atom stereocenters. The monoisotopic (exact) mass is 296 g/mol. The van der Waals surface area contributed by atoms with Crippen molar-refractivity contribution in [1.29, 1.82) is 0 Å². The average molecular weight is 296 g/mol. The fraction of sp³-hybridized carbons (Fsp3) is 1.00. The van der Waals surface area contributed by atoms with Crippen molar-refractivity contribution in [2.45, 2.75) is 75.5 Å². The van der Waals surface area contributed by atoms with E-state index in [9.17, 15) is 5.11 Å². The van der Waals surface area contributed by atoms with Gasteiger partial charge in [0.1, 0.15) is 0 Å². The van der Waals surface area contributed by atoms with Crippen LogP contribution in [0.5, 0.6) is 0 Å². The maximum Gasteiger partial charge on any atom is 0.239 e. The maximum atomic E-state index is 9.64. The molecule has 0 aromatic carbocycles. The molecule has 1 aliphatic heterocycles. The Balaban J connectivity index is 1.34. The lowest BCUT2D eigenvalue weighted by Crippen LogP contribution is -2.64. The van der Waals surface area contributed by atoms with Crippen LogP contribution in [0.15, 0.2) is 0 Å². The summed E-state index contributed by atoms with van der Waals surface area (Å²) in [6, 6.07) is 0. The van der Waals surface area contributed by atoms with Crippen molar-refractivity contribution < 1.29 is 24.7 Å². The Hall–Kier alpha value is -0.200. The first-order valence-electron chi connectivity index (χ1n) is 8.59. The Morgan fingerprint density at radius 1 is 0.714 bits per heavy atom. The van der Waals surface area contributed by atoms with Crippen molar-refractivity contribution >= 4 is 0 Å². The molecule has 0 aromatic heterocycles. The van der Waals surface area contributed by atoms with Crippen molar-refractivity contribution in [2.24, 2.45) is 23.7 Å². The molecule has 0 atom stereocenters. The first-order chi connectivity index (χ1) is 10.2. The molecular weight excluding hydrogens is 272 g/mol. The molecule has 6 rings (SSSR count). The van der Waals surface area contributed by atoms with Gasteiger partial charge in [-0.2, -0.15) is 19.6 Å². The van der Waals surface area contributed by atoms with Crippen LogP contribution in [-0.4, -0.2) is 22.8 Å². The van der Waals surface area contributed by atoms with Crippen LogP contribution >= 0.6 is 0 Å². The highest BCUT2D eigenvalue weighted by atomic mass is 17.4. The molecule has 5 saturated carbocycles. The first kappa shape index (κ1) is 13.3. The van der Waals surface area contributed by atoms with Gasteiger partial charge in [-0.15, -0.1) is 0 Å². The quantitative estimate of drug-likeness (QED) is 0.696. The van der Waals surface area contributed by atoms with Gasteiger partial charge < -0.3 is 5.11 Å². The molecule has 5 heteroatoms. The Morgan fingerprint density at radius 2 is 1.24 bits per heavy atom. The van der Waals surface area contributed by atoms with Gasteiger partial charge in [-0.25, -0.2) is 0 Å². The van der Waals surface area contributed by atoms with Gasteiger partial charge in [-0.05, 0) is 56.8 Å². The van der Waals surface area contributed by atoms with Gasteiger partial charge in [0.05, 0.1) is 6.10 Å². The van der Waals surface area contributed by atoms with Gasteiger partial charge in [0, 0.05) is 24.7 Å². The van der Waals surface area contributed by atoms with E-state index in [1.165, 1.54) is 32.1 Å². The summed E-state index contributed by atoms with van der Waals surface area (Å²) >= 11 is 0. The fourth-order valence-electron chi connectivity index (χ4n) is 5.63. The Bertz CT molecular complexity index is 388. The molecule has 21 heavy (non-hydrogen) atoms. The molecule has 0 amide bonds. The SMILES string of the molecule is OC1CCC2(CC1)OOC1(OO2)[C@H]2C[C@@H]3C[C@@H](C[C@H]1C3)C2. The molecule has 1 heterocycles. The fourth-order valence-corrected chi connectivity index (χ4v) is 5.63. The standard InChI is InChI=1S/C16H24O5/c17-14-1-3-15(4-2-14)18-20-16(21-19-15)12-6-10-5-11(8-12)9-13(16)7-10/h10-14,17H,1-9H2/t10-,11+,12-,13+,14?,15?,16?. The minimum absolute atomic E-state index is 0.250.